The maximum absolute atomic E-state index is 11.7. The van der Waals surface area contributed by atoms with Crippen LogP contribution in [0, 0.1) is 0 Å². The number of fused-ring (bicyclic) bond motifs is 1. The van der Waals surface area contributed by atoms with Crippen LogP contribution in [-0.2, 0) is 16.0 Å². The number of nitrogens with one attached hydrogen (secondary N) is 1. The second-order valence-corrected chi connectivity index (χ2v) is 3.85. The van der Waals surface area contributed by atoms with E-state index < -0.39 is 5.97 Å². The van der Waals surface area contributed by atoms with E-state index in [1.54, 1.807) is 0 Å². The Morgan fingerprint density at radius 3 is 3.06 bits per heavy atom. The number of ether oxygens (including phenoxy) is 2. The van der Waals surface area contributed by atoms with Crippen molar-refractivity contribution in [2.75, 3.05) is 20.3 Å². The number of carbonyl (C=O) groups is 2. The molecule has 0 aliphatic carbocycles. The van der Waals surface area contributed by atoms with E-state index in [4.69, 9.17) is 4.74 Å². The second kappa shape index (κ2) is 4.95. The zero-order valence-electron chi connectivity index (χ0n) is 9.86. The predicted octanol–water partition coefficient (Wildman–Crippen LogP) is 0.230. The average molecular weight is 251 g/mol. The number of benzene rings is 1. The molecular weight excluding hydrogens is 238 g/mol. The van der Waals surface area contributed by atoms with Gasteiger partial charge in [0.2, 0.25) is 0 Å². The zero-order valence-corrected chi connectivity index (χ0v) is 9.86. The SMILES string of the molecule is COC(=O)Cc1cc(O)c2c(c1)C(=O)NCCO2. The quantitative estimate of drug-likeness (QED) is 0.735. The summed E-state index contributed by atoms with van der Waals surface area (Å²) in [5, 5.41) is 12.4. The Kier molecular flexibility index (Phi) is 3.36. The maximum Gasteiger partial charge on any atom is 0.309 e. The van der Waals surface area contributed by atoms with Crippen LogP contribution in [0.1, 0.15) is 15.9 Å². The maximum atomic E-state index is 11.7. The topological polar surface area (TPSA) is 84.9 Å². The van der Waals surface area contributed by atoms with Crippen molar-refractivity contribution in [1.29, 1.82) is 0 Å². The van der Waals surface area contributed by atoms with Gasteiger partial charge in [0.15, 0.2) is 11.5 Å². The van der Waals surface area contributed by atoms with Crippen LogP contribution in [0.15, 0.2) is 12.1 Å². The van der Waals surface area contributed by atoms with E-state index in [1.165, 1.54) is 19.2 Å². The smallest absolute Gasteiger partial charge is 0.309 e. The Balaban J connectivity index is 2.39. The molecule has 1 amide bonds. The van der Waals surface area contributed by atoms with Gasteiger partial charge in [0.05, 0.1) is 25.6 Å². The van der Waals surface area contributed by atoms with Crippen molar-refractivity contribution in [2.45, 2.75) is 6.42 Å². The Bertz CT molecular complexity index is 497. The van der Waals surface area contributed by atoms with Crippen LogP contribution in [-0.4, -0.2) is 37.2 Å². The molecule has 18 heavy (non-hydrogen) atoms. The van der Waals surface area contributed by atoms with Gasteiger partial charge in [-0.05, 0) is 17.7 Å². The van der Waals surface area contributed by atoms with Gasteiger partial charge in [0, 0.05) is 0 Å². The van der Waals surface area contributed by atoms with Gasteiger partial charge in [-0.3, -0.25) is 9.59 Å². The molecule has 0 spiro atoms. The summed E-state index contributed by atoms with van der Waals surface area (Å²) < 4.78 is 9.82. The summed E-state index contributed by atoms with van der Waals surface area (Å²) in [7, 11) is 1.28. The molecule has 6 heteroatoms. The number of hydrogen-bond acceptors (Lipinski definition) is 5. The third kappa shape index (κ3) is 2.37. The molecule has 0 bridgehead atoms. The summed E-state index contributed by atoms with van der Waals surface area (Å²) >= 11 is 0. The highest BCUT2D eigenvalue weighted by atomic mass is 16.5. The molecule has 0 aromatic heterocycles. The van der Waals surface area contributed by atoms with Gasteiger partial charge in [-0.15, -0.1) is 0 Å². The van der Waals surface area contributed by atoms with Crippen LogP contribution in [0.25, 0.3) is 0 Å². The third-order valence-electron chi connectivity index (χ3n) is 2.58. The number of esters is 1. The van der Waals surface area contributed by atoms with Gasteiger partial charge < -0.3 is 19.9 Å². The van der Waals surface area contributed by atoms with E-state index in [1.807, 2.05) is 0 Å². The van der Waals surface area contributed by atoms with Crippen LogP contribution < -0.4 is 10.1 Å². The monoisotopic (exact) mass is 251 g/mol. The van der Waals surface area contributed by atoms with E-state index in [-0.39, 0.29) is 29.4 Å². The number of carbonyl (C=O) groups excluding carboxylic acids is 2. The van der Waals surface area contributed by atoms with Crippen molar-refractivity contribution in [1.82, 2.24) is 5.32 Å². The summed E-state index contributed by atoms with van der Waals surface area (Å²) in [5.41, 5.74) is 0.727. The molecule has 1 aliphatic rings. The number of methoxy groups -OCH3 is 1. The summed E-state index contributed by atoms with van der Waals surface area (Å²) in [6.07, 6.45) is -0.00931. The molecule has 2 N–H and O–H groups in total. The van der Waals surface area contributed by atoms with Crippen molar-refractivity contribution < 1.29 is 24.2 Å². The van der Waals surface area contributed by atoms with Crippen molar-refractivity contribution in [3.63, 3.8) is 0 Å². The summed E-state index contributed by atoms with van der Waals surface area (Å²) in [6, 6.07) is 2.92. The first-order chi connectivity index (χ1) is 8.61. The second-order valence-electron chi connectivity index (χ2n) is 3.85. The van der Waals surface area contributed by atoms with Crippen LogP contribution in [0.3, 0.4) is 0 Å². The minimum Gasteiger partial charge on any atom is -0.504 e. The molecule has 0 atom stereocenters. The molecule has 1 aliphatic heterocycles. The number of amides is 1. The Morgan fingerprint density at radius 2 is 2.33 bits per heavy atom. The van der Waals surface area contributed by atoms with Crippen LogP contribution in [0.2, 0.25) is 0 Å². The number of aromatic hydroxyl groups is 1. The van der Waals surface area contributed by atoms with Crippen LogP contribution in [0.4, 0.5) is 0 Å². The largest absolute Gasteiger partial charge is 0.504 e. The van der Waals surface area contributed by atoms with Gasteiger partial charge in [0.25, 0.3) is 5.91 Å². The third-order valence-corrected chi connectivity index (χ3v) is 2.58. The average Bonchev–Trinajstić information content (AvgIpc) is 2.52. The predicted molar refractivity (Wildman–Crippen MR) is 61.7 cm³/mol. The highest BCUT2D eigenvalue weighted by Gasteiger charge is 2.21. The molecule has 96 valence electrons. The number of phenolic OH excluding ortho intramolecular Hbond substituents is 1. The lowest BCUT2D eigenvalue weighted by molar-refractivity contribution is -0.139. The molecule has 2 rings (SSSR count). The van der Waals surface area contributed by atoms with Crippen molar-refractivity contribution in [3.05, 3.63) is 23.3 Å². The molecule has 0 fully saturated rings. The molecule has 0 radical (unpaired) electrons. The molecule has 0 unspecified atom stereocenters. The lowest BCUT2D eigenvalue weighted by Gasteiger charge is -2.10. The Morgan fingerprint density at radius 1 is 1.56 bits per heavy atom. The summed E-state index contributed by atoms with van der Waals surface area (Å²) in [4.78, 5) is 22.9. The fourth-order valence-corrected chi connectivity index (χ4v) is 1.75. The van der Waals surface area contributed by atoms with Crippen molar-refractivity contribution in [3.8, 4) is 11.5 Å². The van der Waals surface area contributed by atoms with E-state index in [0.29, 0.717) is 18.7 Å². The standard InChI is InChI=1S/C12H13NO5/c1-17-10(15)6-7-4-8-11(9(14)5-7)18-3-2-13-12(8)16/h4-5,14H,2-3,6H2,1H3,(H,13,16). The fraction of sp³-hybridized carbons (Fsp3) is 0.333. The van der Waals surface area contributed by atoms with Crippen molar-refractivity contribution in [2.24, 2.45) is 0 Å². The number of phenols is 1. The minimum atomic E-state index is -0.440. The van der Waals surface area contributed by atoms with Crippen molar-refractivity contribution >= 4 is 11.9 Å². The molecule has 0 saturated heterocycles. The van der Waals surface area contributed by atoms with E-state index in [0.717, 1.165) is 0 Å². The van der Waals surface area contributed by atoms with E-state index in [2.05, 4.69) is 10.1 Å². The van der Waals surface area contributed by atoms with Gasteiger partial charge in [-0.1, -0.05) is 0 Å². The van der Waals surface area contributed by atoms with Gasteiger partial charge in [-0.25, -0.2) is 0 Å². The Labute approximate surface area is 104 Å². The normalized spacial score (nSPS) is 13.9. The first-order valence-corrected chi connectivity index (χ1v) is 5.45. The van der Waals surface area contributed by atoms with Gasteiger partial charge >= 0.3 is 5.97 Å². The minimum absolute atomic E-state index is 0.00931. The summed E-state index contributed by atoms with van der Waals surface area (Å²) in [5.74, 6) is -0.768. The fourth-order valence-electron chi connectivity index (χ4n) is 1.75. The summed E-state index contributed by atoms with van der Waals surface area (Å²) in [6.45, 7) is 0.669. The number of rotatable bonds is 2. The Hall–Kier alpha value is -2.24. The molecule has 1 aromatic rings. The zero-order chi connectivity index (χ0) is 13.1. The molecule has 6 nitrogen and oxygen atoms in total. The van der Waals surface area contributed by atoms with E-state index >= 15 is 0 Å². The lowest BCUT2D eigenvalue weighted by Crippen LogP contribution is -2.24. The first-order valence-electron chi connectivity index (χ1n) is 5.45. The molecule has 1 heterocycles. The van der Waals surface area contributed by atoms with Gasteiger partial charge in [-0.2, -0.15) is 0 Å². The highest BCUT2D eigenvalue weighted by molar-refractivity contribution is 5.98. The van der Waals surface area contributed by atoms with Crippen LogP contribution >= 0.6 is 0 Å². The molecule has 0 saturated carbocycles. The van der Waals surface area contributed by atoms with E-state index in [9.17, 15) is 14.7 Å². The molecule has 1 aromatic carbocycles. The lowest BCUT2D eigenvalue weighted by atomic mass is 10.1. The molecular formula is C12H13NO5. The highest BCUT2D eigenvalue weighted by Crippen LogP contribution is 2.33. The van der Waals surface area contributed by atoms with Crippen LogP contribution in [0.5, 0.6) is 11.5 Å². The first kappa shape index (κ1) is 12.2. The number of hydrogen-bond donors (Lipinski definition) is 2. The van der Waals surface area contributed by atoms with Gasteiger partial charge in [0.1, 0.15) is 6.61 Å².